The summed E-state index contributed by atoms with van der Waals surface area (Å²) in [4.78, 5) is 13.3. The van der Waals surface area contributed by atoms with E-state index in [9.17, 15) is 18.3 Å². The highest BCUT2D eigenvalue weighted by molar-refractivity contribution is 7.91. The van der Waals surface area contributed by atoms with Crippen LogP contribution in [-0.2, 0) is 14.8 Å². The molecule has 2 saturated heterocycles. The molecule has 0 aliphatic carbocycles. The number of carbonyl (C=O) groups excluding carboxylic acids is 1. The molecule has 1 amide bonds. The Kier molecular flexibility index (Phi) is 4.05. The fraction of sp³-hybridized carbons (Fsp3) is 0.643. The first-order valence-corrected chi connectivity index (χ1v) is 9.61. The maximum Gasteiger partial charge on any atom is 0.252 e. The van der Waals surface area contributed by atoms with Crippen LogP contribution in [0.15, 0.2) is 21.7 Å². The van der Waals surface area contributed by atoms with E-state index in [1.165, 1.54) is 22.6 Å². The molecule has 3 rings (SSSR count). The number of amides is 1. The van der Waals surface area contributed by atoms with Gasteiger partial charge in [0.25, 0.3) is 10.0 Å². The second-order valence-corrected chi connectivity index (χ2v) is 9.27. The van der Waals surface area contributed by atoms with Gasteiger partial charge in [0.2, 0.25) is 5.91 Å². The molecule has 8 heteroatoms. The molecular formula is C14H20N2O4S2. The van der Waals surface area contributed by atoms with E-state index < -0.39 is 15.4 Å². The van der Waals surface area contributed by atoms with Gasteiger partial charge in [-0.25, -0.2) is 8.42 Å². The number of thiophene rings is 1. The third-order valence-corrected chi connectivity index (χ3v) is 8.14. The van der Waals surface area contributed by atoms with E-state index in [0.717, 1.165) is 0 Å². The first kappa shape index (κ1) is 15.9. The van der Waals surface area contributed by atoms with E-state index in [1.54, 1.807) is 22.4 Å². The molecule has 0 saturated carbocycles. The van der Waals surface area contributed by atoms with E-state index in [2.05, 4.69) is 0 Å². The molecule has 122 valence electrons. The summed E-state index contributed by atoms with van der Waals surface area (Å²) in [5.41, 5.74) is -0.420. The van der Waals surface area contributed by atoms with Gasteiger partial charge in [-0.2, -0.15) is 4.31 Å². The summed E-state index contributed by atoms with van der Waals surface area (Å²) in [5, 5.41) is 11.6. The minimum atomic E-state index is -3.50. The Labute approximate surface area is 134 Å². The Morgan fingerprint density at radius 3 is 2.86 bits per heavy atom. The van der Waals surface area contributed by atoms with Crippen LogP contribution in [0.25, 0.3) is 0 Å². The molecule has 2 unspecified atom stereocenters. The molecule has 22 heavy (non-hydrogen) atoms. The van der Waals surface area contributed by atoms with Gasteiger partial charge in [0.1, 0.15) is 4.21 Å². The molecule has 1 aromatic rings. The Morgan fingerprint density at radius 2 is 2.27 bits per heavy atom. The largest absolute Gasteiger partial charge is 0.396 e. The van der Waals surface area contributed by atoms with Crippen LogP contribution in [0.1, 0.15) is 13.3 Å². The third-order valence-electron chi connectivity index (χ3n) is 4.95. The fourth-order valence-electron chi connectivity index (χ4n) is 3.50. The molecule has 2 atom stereocenters. The van der Waals surface area contributed by atoms with Crippen LogP contribution in [0.5, 0.6) is 0 Å². The maximum absolute atomic E-state index is 12.7. The number of carbonyl (C=O) groups is 1. The lowest BCUT2D eigenvalue weighted by Gasteiger charge is -2.42. The van der Waals surface area contributed by atoms with E-state index in [1.807, 2.05) is 0 Å². The number of hydrogen-bond donors (Lipinski definition) is 1. The second kappa shape index (κ2) is 5.59. The van der Waals surface area contributed by atoms with Crippen molar-refractivity contribution >= 4 is 27.3 Å². The number of piperidine rings is 1. The minimum Gasteiger partial charge on any atom is -0.396 e. The van der Waals surface area contributed by atoms with Crippen LogP contribution < -0.4 is 0 Å². The number of rotatable bonds is 3. The monoisotopic (exact) mass is 344 g/mol. The maximum atomic E-state index is 12.7. The highest BCUT2D eigenvalue weighted by Gasteiger charge is 2.52. The molecule has 2 fully saturated rings. The number of nitrogens with zero attached hydrogens (tertiary/aromatic N) is 2. The van der Waals surface area contributed by atoms with Gasteiger partial charge in [0.15, 0.2) is 0 Å². The summed E-state index contributed by atoms with van der Waals surface area (Å²) in [7, 11) is -3.50. The van der Waals surface area contributed by atoms with Crippen molar-refractivity contribution in [1.29, 1.82) is 0 Å². The van der Waals surface area contributed by atoms with Gasteiger partial charge >= 0.3 is 0 Å². The van der Waals surface area contributed by atoms with E-state index in [4.69, 9.17) is 0 Å². The smallest absolute Gasteiger partial charge is 0.252 e. The van der Waals surface area contributed by atoms with Gasteiger partial charge in [-0.05, 0) is 23.8 Å². The Bertz CT molecular complexity index is 658. The lowest BCUT2D eigenvalue weighted by Crippen LogP contribution is -2.50. The fourth-order valence-corrected chi connectivity index (χ4v) is 6.22. The van der Waals surface area contributed by atoms with Crippen LogP contribution >= 0.6 is 11.3 Å². The molecule has 1 aromatic heterocycles. The highest BCUT2D eigenvalue weighted by atomic mass is 32.2. The van der Waals surface area contributed by atoms with Crippen LogP contribution in [0.4, 0.5) is 0 Å². The van der Waals surface area contributed by atoms with E-state index in [0.29, 0.717) is 36.8 Å². The lowest BCUT2D eigenvalue weighted by molar-refractivity contribution is -0.133. The summed E-state index contributed by atoms with van der Waals surface area (Å²) < 4.78 is 27.2. The topological polar surface area (TPSA) is 77.9 Å². The molecule has 0 spiro atoms. The number of hydrogen-bond acceptors (Lipinski definition) is 5. The van der Waals surface area contributed by atoms with Crippen molar-refractivity contribution < 1.29 is 18.3 Å². The van der Waals surface area contributed by atoms with Crippen LogP contribution in [0.3, 0.4) is 0 Å². The average Bonchev–Trinajstić information content (AvgIpc) is 3.14. The van der Waals surface area contributed by atoms with Crippen molar-refractivity contribution in [3.05, 3.63) is 17.5 Å². The number of aliphatic hydroxyl groups excluding tert-OH is 1. The number of fused-ring (bicyclic) bond motifs is 1. The zero-order valence-electron chi connectivity index (χ0n) is 12.4. The standard InChI is InChI=1S/C14H20N2O4S2/c1-11(18)15-5-4-14(10-17)9-16(8-12(14)7-15)22(19,20)13-3-2-6-21-13/h2-3,6,12,17H,4-5,7-10H2,1H3. The molecule has 0 bridgehead atoms. The second-order valence-electron chi connectivity index (χ2n) is 6.16. The molecule has 1 N–H and O–H groups in total. The Balaban J connectivity index is 1.86. The zero-order chi connectivity index (χ0) is 16.0. The van der Waals surface area contributed by atoms with Crippen LogP contribution in [0.2, 0.25) is 0 Å². The van der Waals surface area contributed by atoms with Crippen molar-refractivity contribution in [1.82, 2.24) is 9.21 Å². The third kappa shape index (κ3) is 2.47. The van der Waals surface area contributed by atoms with Gasteiger partial charge < -0.3 is 10.0 Å². The normalized spacial score (nSPS) is 29.5. The molecule has 2 aliphatic heterocycles. The average molecular weight is 344 g/mol. The highest BCUT2D eigenvalue weighted by Crippen LogP contribution is 2.44. The van der Waals surface area contributed by atoms with Gasteiger partial charge in [-0.1, -0.05) is 6.07 Å². The van der Waals surface area contributed by atoms with Gasteiger partial charge in [0, 0.05) is 38.5 Å². The Hall–Kier alpha value is -0.960. The van der Waals surface area contributed by atoms with Crippen molar-refractivity contribution in [2.45, 2.75) is 17.6 Å². The predicted molar refractivity (Wildman–Crippen MR) is 83.0 cm³/mol. The molecule has 2 aliphatic rings. The number of sulfonamides is 1. The summed E-state index contributed by atoms with van der Waals surface area (Å²) >= 11 is 1.21. The van der Waals surface area contributed by atoms with Crippen LogP contribution in [0, 0.1) is 11.3 Å². The van der Waals surface area contributed by atoms with Crippen molar-refractivity contribution in [2.24, 2.45) is 11.3 Å². The summed E-state index contributed by atoms with van der Waals surface area (Å²) in [6, 6.07) is 3.33. The molecule has 6 nitrogen and oxygen atoms in total. The summed E-state index contributed by atoms with van der Waals surface area (Å²) in [5.74, 6) is -0.00371. The lowest BCUT2D eigenvalue weighted by atomic mass is 9.73. The SMILES string of the molecule is CC(=O)N1CCC2(CO)CN(S(=O)(=O)c3cccs3)CC2C1. The minimum absolute atomic E-state index is 0.00565. The van der Waals surface area contributed by atoms with Crippen LogP contribution in [-0.4, -0.2) is 61.4 Å². The van der Waals surface area contributed by atoms with Crippen molar-refractivity contribution in [3.8, 4) is 0 Å². The van der Waals surface area contributed by atoms with E-state index >= 15 is 0 Å². The van der Waals surface area contributed by atoms with E-state index in [-0.39, 0.29) is 18.4 Å². The predicted octanol–water partition coefficient (Wildman–Crippen LogP) is 0.599. The van der Waals surface area contributed by atoms with Gasteiger partial charge in [-0.15, -0.1) is 11.3 Å². The molecule has 0 aromatic carbocycles. The first-order chi connectivity index (χ1) is 10.4. The molecule has 3 heterocycles. The molecular weight excluding hydrogens is 324 g/mol. The van der Waals surface area contributed by atoms with Crippen molar-refractivity contribution in [3.63, 3.8) is 0 Å². The summed E-state index contributed by atoms with van der Waals surface area (Å²) in [6.45, 7) is 3.29. The number of aliphatic hydroxyl groups is 1. The quantitative estimate of drug-likeness (QED) is 0.871. The zero-order valence-corrected chi connectivity index (χ0v) is 14.1. The molecule has 0 radical (unpaired) electrons. The first-order valence-electron chi connectivity index (χ1n) is 7.29. The van der Waals surface area contributed by atoms with Crippen molar-refractivity contribution in [2.75, 3.05) is 32.8 Å². The van der Waals surface area contributed by atoms with Gasteiger partial charge in [0.05, 0.1) is 6.61 Å². The number of likely N-dealkylation sites (tertiary alicyclic amines) is 1. The Morgan fingerprint density at radius 1 is 1.50 bits per heavy atom. The van der Waals surface area contributed by atoms with Gasteiger partial charge in [-0.3, -0.25) is 4.79 Å². The summed E-state index contributed by atoms with van der Waals surface area (Å²) in [6.07, 6.45) is 0.643.